The molecule has 0 aliphatic carbocycles. The van der Waals surface area contributed by atoms with Crippen LogP contribution in [0, 0.1) is 0 Å². The summed E-state index contributed by atoms with van der Waals surface area (Å²) in [5.74, 6) is 1.18. The van der Waals surface area contributed by atoms with Crippen molar-refractivity contribution in [2.24, 2.45) is 0 Å². The molecule has 1 aliphatic rings. The second-order valence-electron chi connectivity index (χ2n) is 6.51. The van der Waals surface area contributed by atoms with Crippen LogP contribution in [0.3, 0.4) is 0 Å². The van der Waals surface area contributed by atoms with E-state index >= 15 is 0 Å². The summed E-state index contributed by atoms with van der Waals surface area (Å²) in [5, 5.41) is 2.82. The van der Waals surface area contributed by atoms with Gasteiger partial charge in [-0.2, -0.15) is 4.31 Å². The summed E-state index contributed by atoms with van der Waals surface area (Å²) >= 11 is 0. The monoisotopic (exact) mass is 388 g/mol. The van der Waals surface area contributed by atoms with Gasteiger partial charge in [0.2, 0.25) is 15.9 Å². The first-order valence-corrected chi connectivity index (χ1v) is 10.7. The van der Waals surface area contributed by atoms with E-state index < -0.39 is 16.1 Å². The number of hydrogen-bond acceptors (Lipinski definition) is 4. The fourth-order valence-electron chi connectivity index (χ4n) is 3.17. The molecule has 7 heteroatoms. The lowest BCUT2D eigenvalue weighted by atomic mass is 10.2. The van der Waals surface area contributed by atoms with Crippen molar-refractivity contribution in [3.8, 4) is 11.5 Å². The molecule has 0 radical (unpaired) electrons. The maximum atomic E-state index is 12.6. The van der Waals surface area contributed by atoms with Crippen LogP contribution in [0.25, 0.3) is 0 Å². The summed E-state index contributed by atoms with van der Waals surface area (Å²) in [6.07, 6.45) is 1.78. The van der Waals surface area contributed by atoms with Gasteiger partial charge in [-0.3, -0.25) is 4.79 Å². The van der Waals surface area contributed by atoms with E-state index in [1.807, 2.05) is 37.3 Å². The number of nitrogens with one attached hydrogen (secondary N) is 1. The molecular formula is C20H24N2O4S. The average Bonchev–Trinajstić information content (AvgIpc) is 3.15. The van der Waals surface area contributed by atoms with Gasteiger partial charge in [0.05, 0.1) is 5.75 Å². The highest BCUT2D eigenvalue weighted by atomic mass is 32.2. The Labute approximate surface area is 160 Å². The van der Waals surface area contributed by atoms with Crippen LogP contribution >= 0.6 is 0 Å². The van der Waals surface area contributed by atoms with E-state index in [-0.39, 0.29) is 11.7 Å². The van der Waals surface area contributed by atoms with E-state index in [0.717, 1.165) is 5.75 Å². The number of rotatable bonds is 7. The molecule has 1 fully saturated rings. The largest absolute Gasteiger partial charge is 0.457 e. The molecule has 1 amide bonds. The molecule has 3 rings (SSSR count). The zero-order valence-electron chi connectivity index (χ0n) is 15.3. The Bertz CT molecular complexity index is 867. The van der Waals surface area contributed by atoms with Crippen molar-refractivity contribution >= 4 is 21.6 Å². The van der Waals surface area contributed by atoms with Gasteiger partial charge in [0.1, 0.15) is 17.5 Å². The molecule has 1 heterocycles. The van der Waals surface area contributed by atoms with Crippen molar-refractivity contribution in [3.05, 3.63) is 54.6 Å². The van der Waals surface area contributed by atoms with Gasteiger partial charge in [0.25, 0.3) is 0 Å². The molecule has 1 atom stereocenters. The van der Waals surface area contributed by atoms with Gasteiger partial charge in [-0.1, -0.05) is 25.1 Å². The third-order valence-corrected chi connectivity index (χ3v) is 6.50. The predicted octanol–water partition coefficient (Wildman–Crippen LogP) is 3.62. The van der Waals surface area contributed by atoms with Gasteiger partial charge >= 0.3 is 0 Å². The van der Waals surface area contributed by atoms with E-state index in [9.17, 15) is 13.2 Å². The van der Waals surface area contributed by atoms with Crippen LogP contribution in [-0.4, -0.2) is 37.0 Å². The number of nitrogens with zero attached hydrogens (tertiary/aromatic N) is 1. The first kappa shape index (κ1) is 19.4. The van der Waals surface area contributed by atoms with Crippen LogP contribution in [-0.2, 0) is 14.8 Å². The van der Waals surface area contributed by atoms with Crippen molar-refractivity contribution in [2.45, 2.75) is 32.2 Å². The number of benzene rings is 2. The topological polar surface area (TPSA) is 75.7 Å². The first-order valence-electron chi connectivity index (χ1n) is 9.13. The SMILES string of the molecule is CCCS(=O)(=O)N1CCC[C@H]1C(=O)Nc1ccc(Oc2ccccc2)cc1. The van der Waals surface area contributed by atoms with Gasteiger partial charge in [0, 0.05) is 12.2 Å². The minimum absolute atomic E-state index is 0.0717. The molecule has 144 valence electrons. The van der Waals surface area contributed by atoms with Gasteiger partial charge in [-0.25, -0.2) is 8.42 Å². The number of amides is 1. The minimum atomic E-state index is -3.39. The number of carbonyl (C=O) groups is 1. The van der Waals surface area contributed by atoms with E-state index in [1.165, 1.54) is 4.31 Å². The molecule has 1 aliphatic heterocycles. The molecule has 2 aromatic carbocycles. The van der Waals surface area contributed by atoms with Gasteiger partial charge in [-0.15, -0.1) is 0 Å². The molecule has 0 saturated carbocycles. The van der Waals surface area contributed by atoms with Gasteiger partial charge in [-0.05, 0) is 55.7 Å². The van der Waals surface area contributed by atoms with Crippen LogP contribution in [0.5, 0.6) is 11.5 Å². The van der Waals surface area contributed by atoms with Crippen LogP contribution in [0.2, 0.25) is 0 Å². The van der Waals surface area contributed by atoms with E-state index in [0.29, 0.717) is 37.2 Å². The fourth-order valence-corrected chi connectivity index (χ4v) is 4.91. The summed E-state index contributed by atoms with van der Waals surface area (Å²) in [4.78, 5) is 12.6. The maximum Gasteiger partial charge on any atom is 0.242 e. The number of ether oxygens (including phenoxy) is 1. The van der Waals surface area contributed by atoms with Crippen LogP contribution < -0.4 is 10.1 Å². The molecule has 1 N–H and O–H groups in total. The highest BCUT2D eigenvalue weighted by Crippen LogP contribution is 2.25. The Morgan fingerprint density at radius 1 is 1.11 bits per heavy atom. The van der Waals surface area contributed by atoms with Crippen molar-refractivity contribution in [2.75, 3.05) is 17.6 Å². The highest BCUT2D eigenvalue weighted by molar-refractivity contribution is 7.89. The Balaban J connectivity index is 1.63. The van der Waals surface area contributed by atoms with E-state index in [2.05, 4.69) is 5.32 Å². The second kappa shape index (κ2) is 8.54. The molecule has 1 saturated heterocycles. The van der Waals surface area contributed by atoms with Crippen LogP contribution in [0.4, 0.5) is 5.69 Å². The van der Waals surface area contributed by atoms with E-state index in [4.69, 9.17) is 4.74 Å². The second-order valence-corrected chi connectivity index (χ2v) is 8.55. The Morgan fingerprint density at radius 2 is 1.78 bits per heavy atom. The molecule has 2 aromatic rings. The lowest BCUT2D eigenvalue weighted by molar-refractivity contribution is -0.119. The molecule has 0 aromatic heterocycles. The number of para-hydroxylation sites is 1. The molecule has 27 heavy (non-hydrogen) atoms. The Hall–Kier alpha value is -2.38. The standard InChI is InChI=1S/C20H24N2O4S/c1-2-15-27(24,25)22-14-6-9-19(22)20(23)21-16-10-12-18(13-11-16)26-17-7-4-3-5-8-17/h3-5,7-8,10-13,19H,2,6,9,14-15H2,1H3,(H,21,23)/t19-/m0/s1. The minimum Gasteiger partial charge on any atom is -0.457 e. The van der Waals surface area contributed by atoms with Crippen molar-refractivity contribution in [1.29, 1.82) is 0 Å². The normalized spacial score (nSPS) is 17.6. The van der Waals surface area contributed by atoms with Crippen molar-refractivity contribution in [3.63, 3.8) is 0 Å². The smallest absolute Gasteiger partial charge is 0.242 e. The summed E-state index contributed by atoms with van der Waals surface area (Å²) in [5.41, 5.74) is 0.611. The maximum absolute atomic E-state index is 12.6. The number of carbonyl (C=O) groups excluding carboxylic acids is 1. The summed E-state index contributed by atoms with van der Waals surface area (Å²) < 4.78 is 31.8. The average molecular weight is 388 g/mol. The first-order chi connectivity index (χ1) is 13.0. The van der Waals surface area contributed by atoms with Crippen molar-refractivity contribution in [1.82, 2.24) is 4.31 Å². The fraction of sp³-hybridized carbons (Fsp3) is 0.350. The van der Waals surface area contributed by atoms with Crippen LogP contribution in [0.1, 0.15) is 26.2 Å². The van der Waals surface area contributed by atoms with Crippen molar-refractivity contribution < 1.29 is 17.9 Å². The summed E-state index contributed by atoms with van der Waals surface area (Å²) in [6.45, 7) is 2.23. The molecule has 0 bridgehead atoms. The van der Waals surface area contributed by atoms with Crippen LogP contribution in [0.15, 0.2) is 54.6 Å². The Kier molecular flexibility index (Phi) is 6.13. The Morgan fingerprint density at radius 3 is 2.44 bits per heavy atom. The summed E-state index contributed by atoms with van der Waals surface area (Å²) in [6, 6.07) is 15.8. The predicted molar refractivity (Wildman–Crippen MR) is 105 cm³/mol. The zero-order chi connectivity index (χ0) is 19.3. The highest BCUT2D eigenvalue weighted by Gasteiger charge is 2.38. The zero-order valence-corrected chi connectivity index (χ0v) is 16.1. The lowest BCUT2D eigenvalue weighted by Crippen LogP contribution is -2.44. The number of hydrogen-bond donors (Lipinski definition) is 1. The molecule has 0 unspecified atom stereocenters. The third kappa shape index (κ3) is 4.87. The summed E-state index contributed by atoms with van der Waals surface area (Å²) in [7, 11) is -3.39. The van der Waals surface area contributed by atoms with Gasteiger partial charge < -0.3 is 10.1 Å². The quantitative estimate of drug-likeness (QED) is 0.786. The molecule has 6 nitrogen and oxygen atoms in total. The van der Waals surface area contributed by atoms with E-state index in [1.54, 1.807) is 24.3 Å². The van der Waals surface area contributed by atoms with Gasteiger partial charge in [0.15, 0.2) is 0 Å². The third-order valence-electron chi connectivity index (χ3n) is 4.43. The number of sulfonamides is 1. The lowest BCUT2D eigenvalue weighted by Gasteiger charge is -2.23. The molecular weight excluding hydrogens is 364 g/mol. The number of anilines is 1. The molecule has 0 spiro atoms.